The first-order valence-corrected chi connectivity index (χ1v) is 7.23. The second-order valence-electron chi connectivity index (χ2n) is 4.64. The molecule has 0 N–H and O–H groups in total. The lowest BCUT2D eigenvalue weighted by Gasteiger charge is -2.15. The van der Waals surface area contributed by atoms with Gasteiger partial charge in [-0.3, -0.25) is 9.48 Å². The minimum Gasteiger partial charge on any atom is -0.341 e. The Hall–Kier alpha value is -1.89. The topological polar surface area (TPSA) is 38.1 Å². The Balaban J connectivity index is 1.87. The smallest absolute Gasteiger partial charge is 0.232 e. The molecule has 0 saturated carbocycles. The van der Waals surface area contributed by atoms with Crippen LogP contribution >= 0.6 is 11.8 Å². The van der Waals surface area contributed by atoms with Gasteiger partial charge in [-0.1, -0.05) is 0 Å². The number of rotatable bonds is 5. The molecule has 1 heterocycles. The van der Waals surface area contributed by atoms with Crippen LogP contribution in [0.15, 0.2) is 35.5 Å². The molecule has 0 aliphatic heterocycles. The largest absolute Gasteiger partial charge is 0.341 e. The van der Waals surface area contributed by atoms with Gasteiger partial charge < -0.3 is 4.90 Å². The number of aromatic nitrogens is 2. The molecule has 4 nitrogen and oxygen atoms in total. The van der Waals surface area contributed by atoms with E-state index < -0.39 is 11.6 Å². The summed E-state index contributed by atoms with van der Waals surface area (Å²) in [7, 11) is 3.51. The van der Waals surface area contributed by atoms with Crippen molar-refractivity contribution in [3.05, 3.63) is 47.8 Å². The van der Waals surface area contributed by atoms with Crippen molar-refractivity contribution in [2.24, 2.45) is 7.05 Å². The molecule has 0 aliphatic rings. The predicted molar refractivity (Wildman–Crippen MR) is 76.8 cm³/mol. The zero-order valence-corrected chi connectivity index (χ0v) is 12.5. The molecule has 0 radical (unpaired) electrons. The van der Waals surface area contributed by atoms with Gasteiger partial charge in [0.2, 0.25) is 5.91 Å². The van der Waals surface area contributed by atoms with E-state index in [1.54, 1.807) is 22.8 Å². The van der Waals surface area contributed by atoms with Crippen molar-refractivity contribution in [2.45, 2.75) is 11.4 Å². The highest BCUT2D eigenvalue weighted by Crippen LogP contribution is 2.20. The second-order valence-corrected chi connectivity index (χ2v) is 5.69. The zero-order chi connectivity index (χ0) is 15.4. The lowest BCUT2D eigenvalue weighted by molar-refractivity contribution is -0.127. The molecule has 1 aromatic heterocycles. The Labute approximate surface area is 125 Å². The quantitative estimate of drug-likeness (QED) is 0.796. The van der Waals surface area contributed by atoms with Crippen LogP contribution in [0.4, 0.5) is 8.78 Å². The summed E-state index contributed by atoms with van der Waals surface area (Å²) in [4.78, 5) is 14.1. The predicted octanol–water partition coefficient (Wildman–Crippen LogP) is 2.45. The van der Waals surface area contributed by atoms with Gasteiger partial charge in [-0.25, -0.2) is 8.78 Å². The third-order valence-electron chi connectivity index (χ3n) is 2.86. The maximum Gasteiger partial charge on any atom is 0.232 e. The van der Waals surface area contributed by atoms with Crippen molar-refractivity contribution < 1.29 is 13.6 Å². The number of thioether (sulfide) groups is 1. The van der Waals surface area contributed by atoms with Gasteiger partial charge in [0.1, 0.15) is 0 Å². The maximum atomic E-state index is 13.1. The van der Waals surface area contributed by atoms with E-state index in [0.717, 1.165) is 17.7 Å². The zero-order valence-electron chi connectivity index (χ0n) is 11.7. The van der Waals surface area contributed by atoms with Crippen molar-refractivity contribution in [2.75, 3.05) is 12.8 Å². The normalized spacial score (nSPS) is 10.7. The molecule has 112 valence electrons. The Morgan fingerprint density at radius 1 is 1.38 bits per heavy atom. The number of amides is 1. The molecule has 2 rings (SSSR count). The molecule has 0 fully saturated rings. The summed E-state index contributed by atoms with van der Waals surface area (Å²) in [5.41, 5.74) is 0.936. The first kappa shape index (κ1) is 15.5. The summed E-state index contributed by atoms with van der Waals surface area (Å²) in [6.45, 7) is 0.463. The monoisotopic (exact) mass is 311 g/mol. The molecule has 1 aromatic carbocycles. The first-order valence-electron chi connectivity index (χ1n) is 6.25. The minimum absolute atomic E-state index is 0.0893. The average molecular weight is 311 g/mol. The van der Waals surface area contributed by atoms with Gasteiger partial charge in [-0.05, 0) is 18.2 Å². The van der Waals surface area contributed by atoms with Crippen LogP contribution in [0, 0.1) is 11.6 Å². The van der Waals surface area contributed by atoms with Crippen molar-refractivity contribution >= 4 is 17.7 Å². The minimum atomic E-state index is -0.906. The van der Waals surface area contributed by atoms with Gasteiger partial charge in [0.25, 0.3) is 0 Å². The Kier molecular flexibility index (Phi) is 4.95. The fourth-order valence-corrected chi connectivity index (χ4v) is 2.60. The van der Waals surface area contributed by atoms with E-state index in [4.69, 9.17) is 0 Å². The molecule has 7 heteroatoms. The van der Waals surface area contributed by atoms with E-state index in [2.05, 4.69) is 5.10 Å². The maximum absolute atomic E-state index is 13.1. The van der Waals surface area contributed by atoms with E-state index in [1.165, 1.54) is 17.8 Å². The molecule has 0 atom stereocenters. The lowest BCUT2D eigenvalue weighted by atomic mass is 10.3. The summed E-state index contributed by atoms with van der Waals surface area (Å²) >= 11 is 1.18. The van der Waals surface area contributed by atoms with Crippen molar-refractivity contribution in [3.63, 3.8) is 0 Å². The lowest BCUT2D eigenvalue weighted by Crippen LogP contribution is -2.27. The summed E-state index contributed by atoms with van der Waals surface area (Å²) < 4.78 is 27.5. The van der Waals surface area contributed by atoms with Crippen LogP contribution in [0.25, 0.3) is 0 Å². The molecular formula is C14H15F2N3OS. The van der Waals surface area contributed by atoms with E-state index >= 15 is 0 Å². The number of halogens is 2. The Morgan fingerprint density at radius 3 is 2.76 bits per heavy atom. The van der Waals surface area contributed by atoms with E-state index in [0.29, 0.717) is 11.4 Å². The van der Waals surface area contributed by atoms with Gasteiger partial charge >= 0.3 is 0 Å². The molecular weight excluding hydrogens is 296 g/mol. The van der Waals surface area contributed by atoms with Crippen LogP contribution < -0.4 is 0 Å². The third kappa shape index (κ3) is 4.29. The van der Waals surface area contributed by atoms with Crippen LogP contribution in [0.1, 0.15) is 5.56 Å². The number of carbonyl (C=O) groups excluding carboxylic acids is 1. The fraction of sp³-hybridized carbons (Fsp3) is 0.286. The van der Waals surface area contributed by atoms with Gasteiger partial charge in [-0.2, -0.15) is 5.10 Å². The van der Waals surface area contributed by atoms with E-state index in [-0.39, 0.29) is 11.7 Å². The van der Waals surface area contributed by atoms with Crippen molar-refractivity contribution in [1.82, 2.24) is 14.7 Å². The molecule has 0 bridgehead atoms. The average Bonchev–Trinajstić information content (AvgIpc) is 2.85. The summed E-state index contributed by atoms with van der Waals surface area (Å²) in [6.07, 6.45) is 3.54. The molecule has 0 aliphatic carbocycles. The van der Waals surface area contributed by atoms with E-state index in [1.807, 2.05) is 13.2 Å². The molecule has 0 unspecified atom stereocenters. The van der Waals surface area contributed by atoms with Crippen LogP contribution in [0.2, 0.25) is 0 Å². The second kappa shape index (κ2) is 6.71. The third-order valence-corrected chi connectivity index (χ3v) is 3.84. The highest BCUT2D eigenvalue weighted by Gasteiger charge is 2.11. The fourth-order valence-electron chi connectivity index (χ4n) is 1.74. The summed E-state index contributed by atoms with van der Waals surface area (Å²) in [5.74, 6) is -1.72. The molecule has 2 aromatic rings. The van der Waals surface area contributed by atoms with Crippen molar-refractivity contribution in [3.8, 4) is 0 Å². The highest BCUT2D eigenvalue weighted by molar-refractivity contribution is 8.00. The molecule has 1 amide bonds. The standard InChI is InChI=1S/C14H15F2N3OS/c1-18(7-10-6-17-19(2)8-10)14(20)9-21-11-3-4-12(15)13(16)5-11/h3-6,8H,7,9H2,1-2H3. The van der Waals surface area contributed by atoms with Crippen LogP contribution in [-0.4, -0.2) is 33.4 Å². The number of nitrogens with zero attached hydrogens (tertiary/aromatic N) is 3. The molecule has 0 saturated heterocycles. The highest BCUT2D eigenvalue weighted by atomic mass is 32.2. The molecule has 0 spiro atoms. The van der Waals surface area contributed by atoms with Crippen LogP contribution in [0.5, 0.6) is 0 Å². The number of carbonyl (C=O) groups is 1. The Bertz CT molecular complexity index is 645. The SMILES string of the molecule is CN(Cc1cnn(C)c1)C(=O)CSc1ccc(F)c(F)c1. The number of benzene rings is 1. The number of hydrogen-bond donors (Lipinski definition) is 0. The van der Waals surface area contributed by atoms with E-state index in [9.17, 15) is 13.6 Å². The van der Waals surface area contributed by atoms with Gasteiger partial charge in [0, 0.05) is 37.3 Å². The summed E-state index contributed by atoms with van der Waals surface area (Å²) in [6, 6.07) is 3.60. The van der Waals surface area contributed by atoms with Gasteiger partial charge in [0.15, 0.2) is 11.6 Å². The molecule has 21 heavy (non-hydrogen) atoms. The Morgan fingerprint density at radius 2 is 2.14 bits per heavy atom. The number of hydrogen-bond acceptors (Lipinski definition) is 3. The summed E-state index contributed by atoms with van der Waals surface area (Å²) in [5, 5.41) is 4.04. The first-order chi connectivity index (χ1) is 9.95. The number of aryl methyl sites for hydroxylation is 1. The van der Waals surface area contributed by atoms with Gasteiger partial charge in [-0.15, -0.1) is 11.8 Å². The van der Waals surface area contributed by atoms with Gasteiger partial charge in [0.05, 0.1) is 11.9 Å². The van der Waals surface area contributed by atoms with Crippen LogP contribution in [-0.2, 0) is 18.4 Å². The van der Waals surface area contributed by atoms with Crippen LogP contribution in [0.3, 0.4) is 0 Å². The van der Waals surface area contributed by atoms with Crippen molar-refractivity contribution in [1.29, 1.82) is 0 Å².